The smallest absolute Gasteiger partial charge is 0.166 e. The fourth-order valence-electron chi connectivity index (χ4n) is 5.48. The van der Waals surface area contributed by atoms with E-state index in [2.05, 4.69) is 25.1 Å². The maximum atomic E-state index is 13.6. The van der Waals surface area contributed by atoms with Crippen LogP contribution in [0.15, 0.2) is 84.9 Å². The van der Waals surface area contributed by atoms with E-state index in [1.807, 2.05) is 66.7 Å². The summed E-state index contributed by atoms with van der Waals surface area (Å²) in [6, 6.07) is 28.2. The van der Waals surface area contributed by atoms with E-state index in [0.717, 1.165) is 51.9 Å². The van der Waals surface area contributed by atoms with Crippen LogP contribution in [0.5, 0.6) is 0 Å². The van der Waals surface area contributed by atoms with Crippen LogP contribution in [-0.2, 0) is 0 Å². The number of hydrogen-bond acceptors (Lipinski definition) is 2. The van der Waals surface area contributed by atoms with Gasteiger partial charge >= 0.3 is 0 Å². The largest absolute Gasteiger partial charge is 0.294 e. The van der Waals surface area contributed by atoms with Crippen LogP contribution in [0.2, 0.25) is 0 Å². The minimum atomic E-state index is -0.102. The van der Waals surface area contributed by atoms with Gasteiger partial charge in [0.2, 0.25) is 0 Å². The van der Waals surface area contributed by atoms with Crippen LogP contribution in [0.1, 0.15) is 53.3 Å². The third-order valence-electron chi connectivity index (χ3n) is 7.21. The molecule has 0 amide bonds. The third kappa shape index (κ3) is 3.98. The number of benzene rings is 4. The Labute approximate surface area is 189 Å². The van der Waals surface area contributed by atoms with Crippen LogP contribution in [0, 0.1) is 17.8 Å². The Balaban J connectivity index is 1.41. The number of carbonyl (C=O) groups is 2. The zero-order chi connectivity index (χ0) is 22.1. The molecule has 1 saturated carbocycles. The number of rotatable bonds is 5. The van der Waals surface area contributed by atoms with Crippen molar-refractivity contribution in [3.63, 3.8) is 0 Å². The molecular weight excluding hydrogens is 392 g/mol. The highest BCUT2D eigenvalue weighted by Gasteiger charge is 2.37. The van der Waals surface area contributed by atoms with Crippen molar-refractivity contribution < 1.29 is 9.59 Å². The lowest BCUT2D eigenvalue weighted by atomic mass is 9.67. The molecule has 4 aromatic rings. The SMILES string of the molecule is C[C@@H]1CCC[C@H](CC(=O)c2ccc3ccccc3c2)[C@H]1C(=O)c1ccc2ccccc2c1. The first-order chi connectivity index (χ1) is 15.6. The highest BCUT2D eigenvalue weighted by molar-refractivity contribution is 6.03. The van der Waals surface area contributed by atoms with Gasteiger partial charge in [-0.3, -0.25) is 9.59 Å². The molecule has 2 nitrogen and oxygen atoms in total. The van der Waals surface area contributed by atoms with E-state index in [4.69, 9.17) is 0 Å². The minimum Gasteiger partial charge on any atom is -0.294 e. The van der Waals surface area contributed by atoms with Crippen molar-refractivity contribution in [2.45, 2.75) is 32.6 Å². The molecule has 32 heavy (non-hydrogen) atoms. The molecule has 1 aliphatic rings. The third-order valence-corrected chi connectivity index (χ3v) is 7.21. The molecule has 3 atom stereocenters. The average Bonchev–Trinajstić information content (AvgIpc) is 2.83. The zero-order valence-corrected chi connectivity index (χ0v) is 18.5. The quantitative estimate of drug-likeness (QED) is 0.313. The van der Waals surface area contributed by atoms with E-state index in [1.165, 1.54) is 0 Å². The lowest BCUT2D eigenvalue weighted by Gasteiger charge is -2.35. The number of fused-ring (bicyclic) bond motifs is 2. The van der Waals surface area contributed by atoms with Gasteiger partial charge < -0.3 is 0 Å². The summed E-state index contributed by atoms with van der Waals surface area (Å²) >= 11 is 0. The zero-order valence-electron chi connectivity index (χ0n) is 18.5. The fraction of sp³-hybridized carbons (Fsp3) is 0.267. The summed E-state index contributed by atoms with van der Waals surface area (Å²) in [5.41, 5.74) is 1.52. The number of ketones is 2. The molecule has 0 N–H and O–H groups in total. The van der Waals surface area contributed by atoms with Gasteiger partial charge in [-0.15, -0.1) is 0 Å². The molecule has 4 aromatic carbocycles. The Bertz CT molecular complexity index is 1300. The summed E-state index contributed by atoms with van der Waals surface area (Å²) in [5, 5.41) is 4.45. The molecule has 1 aliphatic carbocycles. The molecular formula is C30H28O2. The molecule has 0 heterocycles. The summed E-state index contributed by atoms with van der Waals surface area (Å²) in [4.78, 5) is 26.9. The molecule has 0 bridgehead atoms. The molecule has 160 valence electrons. The first kappa shape index (κ1) is 20.6. The van der Waals surface area contributed by atoms with E-state index in [9.17, 15) is 9.59 Å². The number of hydrogen-bond donors (Lipinski definition) is 0. The number of Topliss-reactive ketones (excluding diaryl/α,β-unsaturated/α-hetero) is 2. The second-order valence-corrected chi connectivity index (χ2v) is 9.31. The molecule has 5 rings (SSSR count). The lowest BCUT2D eigenvalue weighted by Crippen LogP contribution is -2.34. The number of carbonyl (C=O) groups excluding carboxylic acids is 2. The average molecular weight is 421 g/mol. The van der Waals surface area contributed by atoms with Gasteiger partial charge in [0.15, 0.2) is 11.6 Å². The Morgan fingerprint density at radius 3 is 1.94 bits per heavy atom. The van der Waals surface area contributed by atoms with Crippen molar-refractivity contribution in [2.24, 2.45) is 17.8 Å². The maximum Gasteiger partial charge on any atom is 0.166 e. The molecule has 0 aromatic heterocycles. The van der Waals surface area contributed by atoms with Gasteiger partial charge in [-0.2, -0.15) is 0 Å². The van der Waals surface area contributed by atoms with Gasteiger partial charge in [0.1, 0.15) is 0 Å². The van der Waals surface area contributed by atoms with Gasteiger partial charge in [-0.25, -0.2) is 0 Å². The first-order valence-corrected chi connectivity index (χ1v) is 11.7. The highest BCUT2D eigenvalue weighted by atomic mass is 16.1. The molecule has 0 unspecified atom stereocenters. The normalized spacial score (nSPS) is 21.0. The van der Waals surface area contributed by atoms with Gasteiger partial charge in [-0.1, -0.05) is 86.1 Å². The fourth-order valence-corrected chi connectivity index (χ4v) is 5.48. The van der Waals surface area contributed by atoms with Crippen molar-refractivity contribution in [3.05, 3.63) is 96.1 Å². The summed E-state index contributed by atoms with van der Waals surface area (Å²) in [6.45, 7) is 2.18. The minimum absolute atomic E-state index is 0.0942. The van der Waals surface area contributed by atoms with Gasteiger partial charge in [0.25, 0.3) is 0 Å². The van der Waals surface area contributed by atoms with Crippen LogP contribution in [0.4, 0.5) is 0 Å². The van der Waals surface area contributed by atoms with Crippen LogP contribution < -0.4 is 0 Å². The molecule has 0 aliphatic heterocycles. The maximum absolute atomic E-state index is 13.6. The summed E-state index contributed by atoms with van der Waals surface area (Å²) in [7, 11) is 0. The van der Waals surface area contributed by atoms with Crippen LogP contribution in [0.3, 0.4) is 0 Å². The highest BCUT2D eigenvalue weighted by Crippen LogP contribution is 2.39. The predicted molar refractivity (Wildman–Crippen MR) is 131 cm³/mol. The Hall–Kier alpha value is -3.26. The summed E-state index contributed by atoms with van der Waals surface area (Å²) in [6.07, 6.45) is 3.50. The molecule has 1 fully saturated rings. The predicted octanol–water partition coefficient (Wildman–Crippen LogP) is 7.50. The molecule has 0 radical (unpaired) electrons. The van der Waals surface area contributed by atoms with Crippen molar-refractivity contribution in [2.75, 3.05) is 0 Å². The Kier molecular flexibility index (Phi) is 5.61. The van der Waals surface area contributed by atoms with Gasteiger partial charge in [0.05, 0.1) is 0 Å². The molecule has 0 spiro atoms. The lowest BCUT2D eigenvalue weighted by molar-refractivity contribution is 0.0697. The monoisotopic (exact) mass is 420 g/mol. The van der Waals surface area contributed by atoms with E-state index in [1.54, 1.807) is 0 Å². The van der Waals surface area contributed by atoms with E-state index >= 15 is 0 Å². The first-order valence-electron chi connectivity index (χ1n) is 11.7. The standard InChI is InChI=1S/C30H28O2/c1-20-7-6-12-26(19-28(31)25-15-13-21-8-2-4-10-23(21)17-25)29(20)30(32)27-16-14-22-9-3-5-11-24(22)18-27/h2-5,8-11,13-18,20,26,29H,6-7,12,19H2,1H3/t20-,26-,29+/m1/s1. The van der Waals surface area contributed by atoms with Crippen molar-refractivity contribution >= 4 is 33.1 Å². The molecule has 0 saturated heterocycles. The summed E-state index contributed by atoms with van der Waals surface area (Å²) in [5.74, 6) is 0.619. The van der Waals surface area contributed by atoms with Gasteiger partial charge in [0, 0.05) is 23.5 Å². The second kappa shape index (κ2) is 8.70. The van der Waals surface area contributed by atoms with Crippen LogP contribution >= 0.6 is 0 Å². The Morgan fingerprint density at radius 2 is 1.28 bits per heavy atom. The van der Waals surface area contributed by atoms with Crippen molar-refractivity contribution in [1.82, 2.24) is 0 Å². The van der Waals surface area contributed by atoms with E-state index < -0.39 is 0 Å². The van der Waals surface area contributed by atoms with Gasteiger partial charge in [-0.05, 0) is 58.4 Å². The Morgan fingerprint density at radius 1 is 0.719 bits per heavy atom. The van der Waals surface area contributed by atoms with E-state index in [0.29, 0.717) is 6.42 Å². The summed E-state index contributed by atoms with van der Waals surface area (Å²) < 4.78 is 0. The van der Waals surface area contributed by atoms with E-state index in [-0.39, 0.29) is 29.3 Å². The van der Waals surface area contributed by atoms with Crippen molar-refractivity contribution in [3.8, 4) is 0 Å². The topological polar surface area (TPSA) is 34.1 Å². The van der Waals surface area contributed by atoms with Crippen LogP contribution in [0.25, 0.3) is 21.5 Å². The van der Waals surface area contributed by atoms with Crippen LogP contribution in [-0.4, -0.2) is 11.6 Å². The second-order valence-electron chi connectivity index (χ2n) is 9.31. The molecule has 2 heteroatoms. The van der Waals surface area contributed by atoms with Crippen molar-refractivity contribution in [1.29, 1.82) is 0 Å².